The Morgan fingerprint density at radius 2 is 1.89 bits per heavy atom. The van der Waals surface area contributed by atoms with E-state index in [2.05, 4.69) is 0 Å². The van der Waals surface area contributed by atoms with Crippen molar-refractivity contribution in [1.82, 2.24) is 4.19 Å². The maximum absolute atomic E-state index is 12.4. The first-order valence-corrected chi connectivity index (χ1v) is 7.41. The minimum absolute atomic E-state index is 0.575. The minimum atomic E-state index is -2.55. The number of benzene rings is 2. The van der Waals surface area contributed by atoms with Gasteiger partial charge in [-0.15, -0.1) is 0 Å². The van der Waals surface area contributed by atoms with Crippen molar-refractivity contribution < 1.29 is 14.5 Å². The molecule has 2 rings (SSSR count). The third-order valence-corrected chi connectivity index (χ3v) is 5.34. The second kappa shape index (κ2) is 5.74. The van der Waals surface area contributed by atoms with E-state index in [9.17, 15) is 9.36 Å². The van der Waals surface area contributed by atoms with Crippen LogP contribution in [0.3, 0.4) is 0 Å². The summed E-state index contributed by atoms with van der Waals surface area (Å²) in [5.41, 5.74) is 0. The summed E-state index contributed by atoms with van der Waals surface area (Å²) in [5.74, 6) is -1.10. The van der Waals surface area contributed by atoms with E-state index in [0.29, 0.717) is 5.30 Å². The van der Waals surface area contributed by atoms with Crippen LogP contribution in [0.4, 0.5) is 0 Å². The van der Waals surface area contributed by atoms with E-state index in [0.717, 1.165) is 15.0 Å². The highest BCUT2D eigenvalue weighted by molar-refractivity contribution is 7.53. The molecule has 2 aromatic rings. The number of fused-ring (bicyclic) bond motifs is 1. The monoisotopic (exact) mass is 297 g/mol. The standard InChI is InChI=1S/C13H13ClNO3P/c1-9(13(16)17)15(14)19(18)12-8-4-6-10-5-2-3-7-11(10)12/h2-9,19H,1H3,(H,16,17). The molecule has 0 aliphatic carbocycles. The molecule has 2 atom stereocenters. The highest BCUT2D eigenvalue weighted by atomic mass is 35.5. The highest BCUT2D eigenvalue weighted by Crippen LogP contribution is 2.33. The van der Waals surface area contributed by atoms with Crippen molar-refractivity contribution >= 4 is 41.8 Å². The van der Waals surface area contributed by atoms with E-state index in [1.807, 2.05) is 30.3 Å². The van der Waals surface area contributed by atoms with E-state index in [1.54, 1.807) is 12.1 Å². The first-order valence-electron chi connectivity index (χ1n) is 5.72. The number of rotatable bonds is 4. The van der Waals surface area contributed by atoms with Gasteiger partial charge in [-0.3, -0.25) is 4.79 Å². The molecule has 0 amide bonds. The highest BCUT2D eigenvalue weighted by Gasteiger charge is 2.25. The van der Waals surface area contributed by atoms with Crippen molar-refractivity contribution in [2.24, 2.45) is 0 Å². The van der Waals surface area contributed by atoms with E-state index in [-0.39, 0.29) is 0 Å². The Kier molecular flexibility index (Phi) is 4.25. The molecule has 100 valence electrons. The van der Waals surface area contributed by atoms with E-state index < -0.39 is 20.0 Å². The summed E-state index contributed by atoms with van der Waals surface area (Å²) in [6, 6.07) is 11.9. The summed E-state index contributed by atoms with van der Waals surface area (Å²) in [5, 5.41) is 11.3. The van der Waals surface area contributed by atoms with Gasteiger partial charge in [-0.05, 0) is 35.5 Å². The second-order valence-corrected chi connectivity index (χ2v) is 6.44. The Hall–Kier alpha value is -1.35. The number of carboxylic acids is 1. The molecule has 2 aromatic carbocycles. The SMILES string of the molecule is CC(C(=O)O)N(Cl)[PH](=O)c1cccc2ccccc12. The van der Waals surface area contributed by atoms with Gasteiger partial charge >= 0.3 is 5.97 Å². The van der Waals surface area contributed by atoms with Crippen LogP contribution in [0.25, 0.3) is 10.8 Å². The van der Waals surface area contributed by atoms with Gasteiger partial charge in [0.15, 0.2) is 7.95 Å². The molecule has 0 aromatic heterocycles. The molecule has 1 N–H and O–H groups in total. The molecule has 2 unspecified atom stereocenters. The van der Waals surface area contributed by atoms with Gasteiger partial charge in [0.1, 0.15) is 6.04 Å². The van der Waals surface area contributed by atoms with E-state index in [1.165, 1.54) is 6.92 Å². The van der Waals surface area contributed by atoms with Gasteiger partial charge in [0.25, 0.3) is 0 Å². The summed E-state index contributed by atoms with van der Waals surface area (Å²) in [6.45, 7) is 1.41. The van der Waals surface area contributed by atoms with Gasteiger partial charge < -0.3 is 9.67 Å². The maximum atomic E-state index is 12.4. The van der Waals surface area contributed by atoms with Crippen LogP contribution >= 0.6 is 19.7 Å². The number of hydrogen-bond acceptors (Lipinski definition) is 2. The number of hydrogen-bond donors (Lipinski definition) is 1. The number of aliphatic carboxylic acids is 1. The quantitative estimate of drug-likeness (QED) is 0.696. The van der Waals surface area contributed by atoms with Crippen LogP contribution in [0, 0.1) is 0 Å². The lowest BCUT2D eigenvalue weighted by atomic mass is 10.1. The number of nitrogens with zero attached hydrogens (tertiary/aromatic N) is 1. The summed E-state index contributed by atoms with van der Waals surface area (Å²) in [6.07, 6.45) is 0. The Morgan fingerprint density at radius 3 is 2.58 bits per heavy atom. The molecule has 4 nitrogen and oxygen atoms in total. The van der Waals surface area contributed by atoms with E-state index >= 15 is 0 Å². The smallest absolute Gasteiger partial charge is 0.322 e. The zero-order chi connectivity index (χ0) is 14.0. The van der Waals surface area contributed by atoms with Crippen molar-refractivity contribution in [2.45, 2.75) is 13.0 Å². The molecule has 0 aliphatic rings. The van der Waals surface area contributed by atoms with Crippen molar-refractivity contribution in [2.75, 3.05) is 0 Å². The van der Waals surface area contributed by atoms with Crippen LogP contribution in [-0.4, -0.2) is 21.3 Å². The molecule has 0 saturated carbocycles. The van der Waals surface area contributed by atoms with Crippen LogP contribution in [0.2, 0.25) is 0 Å². The zero-order valence-electron chi connectivity index (χ0n) is 10.2. The lowest BCUT2D eigenvalue weighted by molar-refractivity contribution is -0.139. The third kappa shape index (κ3) is 2.81. The fourth-order valence-corrected chi connectivity index (χ4v) is 3.55. The van der Waals surface area contributed by atoms with Crippen LogP contribution in [0.1, 0.15) is 6.92 Å². The first-order chi connectivity index (χ1) is 9.02. The molecule has 0 saturated heterocycles. The molecule has 6 heteroatoms. The Bertz CT molecular complexity index is 641. The largest absolute Gasteiger partial charge is 0.480 e. The molecule has 0 fully saturated rings. The molecule has 0 heterocycles. The van der Waals surface area contributed by atoms with Gasteiger partial charge in [0, 0.05) is 5.30 Å². The van der Waals surface area contributed by atoms with Gasteiger partial charge in [-0.25, -0.2) is 0 Å². The Morgan fingerprint density at radius 1 is 1.26 bits per heavy atom. The molecule has 19 heavy (non-hydrogen) atoms. The molecular formula is C13H13ClNO3P. The van der Waals surface area contributed by atoms with Crippen molar-refractivity contribution in [3.05, 3.63) is 42.5 Å². The number of carbonyl (C=O) groups is 1. The fourth-order valence-electron chi connectivity index (χ4n) is 1.80. The Labute approximate surface area is 116 Å². The van der Waals surface area contributed by atoms with Gasteiger partial charge in [0.05, 0.1) is 0 Å². The molecule has 0 spiro atoms. The van der Waals surface area contributed by atoms with Crippen LogP contribution < -0.4 is 5.30 Å². The normalized spacial score (nSPS) is 14.5. The van der Waals surface area contributed by atoms with Crippen molar-refractivity contribution in [3.63, 3.8) is 0 Å². The van der Waals surface area contributed by atoms with E-state index in [4.69, 9.17) is 16.9 Å². The summed E-state index contributed by atoms with van der Waals surface area (Å²) < 4.78 is 13.3. The van der Waals surface area contributed by atoms with Crippen LogP contribution in [-0.2, 0) is 9.36 Å². The zero-order valence-corrected chi connectivity index (χ0v) is 12.0. The molecule has 0 aliphatic heterocycles. The Balaban J connectivity index is 2.44. The predicted molar refractivity (Wildman–Crippen MR) is 77.4 cm³/mol. The van der Waals surface area contributed by atoms with Gasteiger partial charge in [-0.1, -0.05) is 36.4 Å². The second-order valence-electron chi connectivity index (χ2n) is 4.16. The summed E-state index contributed by atoms with van der Waals surface area (Å²) >= 11 is 5.90. The van der Waals surface area contributed by atoms with Crippen molar-refractivity contribution in [3.8, 4) is 0 Å². The van der Waals surface area contributed by atoms with Crippen molar-refractivity contribution in [1.29, 1.82) is 0 Å². The lowest BCUT2D eigenvalue weighted by Gasteiger charge is -2.18. The molecule has 0 bridgehead atoms. The third-order valence-electron chi connectivity index (χ3n) is 2.91. The lowest BCUT2D eigenvalue weighted by Crippen LogP contribution is -2.29. The summed E-state index contributed by atoms with van der Waals surface area (Å²) in [4.78, 5) is 10.9. The minimum Gasteiger partial charge on any atom is -0.480 e. The average molecular weight is 298 g/mol. The maximum Gasteiger partial charge on any atom is 0.322 e. The number of halogens is 1. The van der Waals surface area contributed by atoms with Crippen LogP contribution in [0.15, 0.2) is 42.5 Å². The average Bonchev–Trinajstić information content (AvgIpc) is 2.44. The van der Waals surface area contributed by atoms with Gasteiger partial charge in [-0.2, -0.15) is 4.19 Å². The molecule has 0 radical (unpaired) electrons. The fraction of sp³-hybridized carbons (Fsp3) is 0.154. The number of carboxylic acid groups (broad SMARTS) is 1. The topological polar surface area (TPSA) is 57.6 Å². The van der Waals surface area contributed by atoms with Crippen LogP contribution in [0.5, 0.6) is 0 Å². The molecular weight excluding hydrogens is 285 g/mol. The first kappa shape index (κ1) is 14.1. The van der Waals surface area contributed by atoms with Gasteiger partial charge in [0.2, 0.25) is 0 Å². The predicted octanol–water partition coefficient (Wildman–Crippen LogP) is 2.87. The summed E-state index contributed by atoms with van der Waals surface area (Å²) in [7, 11) is -2.55.